The molecule has 0 fully saturated rings. The van der Waals surface area contributed by atoms with E-state index in [0.29, 0.717) is 0 Å². The lowest BCUT2D eigenvalue weighted by Gasteiger charge is -1.88. The monoisotopic (exact) mass is 190 g/mol. The number of nitrogens with two attached hydrogens (primary N) is 1. The number of hydrogen-bond acceptors (Lipinski definition) is 1. The van der Waals surface area contributed by atoms with Crippen LogP contribution in [0.15, 0.2) is 41.4 Å². The van der Waals surface area contributed by atoms with Gasteiger partial charge in [0, 0.05) is 6.21 Å². The van der Waals surface area contributed by atoms with Crippen LogP contribution in [0, 0.1) is 0 Å². The van der Waals surface area contributed by atoms with E-state index in [2.05, 4.69) is 17.2 Å². The van der Waals surface area contributed by atoms with E-state index in [9.17, 15) is 0 Å². The Balaban J connectivity index is 2.55. The highest BCUT2D eigenvalue weighted by atomic mass is 32.1. The fourth-order valence-electron chi connectivity index (χ4n) is 0.835. The molecule has 2 N–H and O–H groups in total. The second-order valence-corrected chi connectivity index (χ2v) is 2.80. The third-order valence-corrected chi connectivity index (χ3v) is 1.48. The molecule has 3 heteroatoms. The first-order valence-electron chi connectivity index (χ1n) is 3.84. The molecule has 1 aromatic rings. The quantitative estimate of drug-likeness (QED) is 0.572. The van der Waals surface area contributed by atoms with Gasteiger partial charge >= 0.3 is 0 Å². The summed E-state index contributed by atoms with van der Waals surface area (Å²) < 4.78 is 0. The van der Waals surface area contributed by atoms with Gasteiger partial charge in [-0.2, -0.15) is 0 Å². The van der Waals surface area contributed by atoms with Crippen LogP contribution >= 0.6 is 12.2 Å². The molecule has 13 heavy (non-hydrogen) atoms. The molecule has 0 saturated carbocycles. The maximum atomic E-state index is 5.17. The maximum absolute atomic E-state index is 5.17. The Morgan fingerprint density at radius 1 is 1.31 bits per heavy atom. The van der Waals surface area contributed by atoms with Crippen LogP contribution in [0.4, 0.5) is 0 Å². The molecule has 0 aliphatic carbocycles. The van der Waals surface area contributed by atoms with E-state index in [0.717, 1.165) is 5.56 Å². The smallest absolute Gasteiger partial charge is 0.190 e. The van der Waals surface area contributed by atoms with E-state index < -0.39 is 0 Å². The zero-order valence-corrected chi connectivity index (χ0v) is 7.87. The molecule has 0 aliphatic rings. The zero-order valence-electron chi connectivity index (χ0n) is 7.05. The van der Waals surface area contributed by atoms with Gasteiger partial charge in [0.25, 0.3) is 0 Å². The summed E-state index contributed by atoms with van der Waals surface area (Å²) in [6.45, 7) is 0. The molecule has 1 aromatic carbocycles. The standard InChI is InChI=1S/C10H10N2S/c11-10(13)12-8-4-7-9-5-2-1-3-6-9/h1-8H,(H2,11,13)/b7-4+,12-8?. The maximum Gasteiger partial charge on any atom is 0.190 e. The minimum absolute atomic E-state index is 0.151. The van der Waals surface area contributed by atoms with Crippen molar-refractivity contribution in [2.75, 3.05) is 0 Å². The molecule has 0 saturated heterocycles. The van der Waals surface area contributed by atoms with Gasteiger partial charge < -0.3 is 5.73 Å². The molecule has 0 bridgehead atoms. The SMILES string of the molecule is NC(=S)N=C/C=C/c1ccccc1. The molecule has 0 aromatic heterocycles. The number of rotatable bonds is 2. The average molecular weight is 190 g/mol. The minimum Gasteiger partial charge on any atom is -0.374 e. The van der Waals surface area contributed by atoms with Crippen molar-refractivity contribution in [1.29, 1.82) is 0 Å². The second kappa shape index (κ2) is 5.22. The second-order valence-electron chi connectivity index (χ2n) is 2.39. The van der Waals surface area contributed by atoms with Crippen molar-refractivity contribution in [1.82, 2.24) is 0 Å². The first kappa shape index (κ1) is 9.61. The molecule has 0 heterocycles. The molecule has 1 rings (SSSR count). The van der Waals surface area contributed by atoms with Crippen molar-refractivity contribution in [3.05, 3.63) is 42.0 Å². The van der Waals surface area contributed by atoms with Crippen LogP contribution < -0.4 is 5.73 Å². The van der Waals surface area contributed by atoms with Crippen LogP contribution in [0.3, 0.4) is 0 Å². The van der Waals surface area contributed by atoms with E-state index >= 15 is 0 Å². The third-order valence-electron chi connectivity index (χ3n) is 1.38. The first-order valence-corrected chi connectivity index (χ1v) is 4.25. The largest absolute Gasteiger partial charge is 0.374 e. The van der Waals surface area contributed by atoms with Crippen molar-refractivity contribution in [3.8, 4) is 0 Å². The summed E-state index contributed by atoms with van der Waals surface area (Å²) in [7, 11) is 0. The molecule has 0 atom stereocenters. The fourth-order valence-corrected chi connectivity index (χ4v) is 0.896. The van der Waals surface area contributed by atoms with Crippen molar-refractivity contribution < 1.29 is 0 Å². The van der Waals surface area contributed by atoms with Crippen LogP contribution in [0.2, 0.25) is 0 Å². The van der Waals surface area contributed by atoms with Gasteiger partial charge in [-0.25, -0.2) is 4.99 Å². The Bertz CT molecular complexity index is 328. The van der Waals surface area contributed by atoms with Crippen LogP contribution in [0.5, 0.6) is 0 Å². The van der Waals surface area contributed by atoms with Crippen LogP contribution in [0.1, 0.15) is 5.56 Å². The number of thiocarbonyl (C=S) groups is 1. The predicted octanol–water partition coefficient (Wildman–Crippen LogP) is 2.01. The number of nitrogens with zero attached hydrogens (tertiary/aromatic N) is 1. The third kappa shape index (κ3) is 4.18. The van der Waals surface area contributed by atoms with Crippen LogP contribution in [0.25, 0.3) is 6.08 Å². The number of hydrogen-bond donors (Lipinski definition) is 1. The number of benzene rings is 1. The van der Waals surface area contributed by atoms with E-state index in [1.807, 2.05) is 36.4 Å². The van der Waals surface area contributed by atoms with Crippen molar-refractivity contribution >= 4 is 29.6 Å². The van der Waals surface area contributed by atoms with E-state index in [1.165, 1.54) is 0 Å². The highest BCUT2D eigenvalue weighted by molar-refractivity contribution is 7.80. The summed E-state index contributed by atoms with van der Waals surface area (Å²) in [6, 6.07) is 9.94. The topological polar surface area (TPSA) is 38.4 Å². The summed E-state index contributed by atoms with van der Waals surface area (Å²) in [6.07, 6.45) is 5.31. The van der Waals surface area contributed by atoms with Gasteiger partial charge in [-0.15, -0.1) is 0 Å². The minimum atomic E-state index is 0.151. The zero-order chi connectivity index (χ0) is 9.52. The van der Waals surface area contributed by atoms with Crippen molar-refractivity contribution in [2.24, 2.45) is 10.7 Å². The summed E-state index contributed by atoms with van der Waals surface area (Å²) >= 11 is 4.57. The van der Waals surface area contributed by atoms with Crippen LogP contribution in [-0.2, 0) is 0 Å². The lowest BCUT2D eigenvalue weighted by Crippen LogP contribution is -2.02. The highest BCUT2D eigenvalue weighted by Crippen LogP contribution is 1.99. The van der Waals surface area contributed by atoms with Gasteiger partial charge in [0.05, 0.1) is 0 Å². The Morgan fingerprint density at radius 2 is 2.00 bits per heavy atom. The van der Waals surface area contributed by atoms with Crippen molar-refractivity contribution in [3.63, 3.8) is 0 Å². The highest BCUT2D eigenvalue weighted by Gasteiger charge is 1.80. The first-order chi connectivity index (χ1) is 6.29. The number of allylic oxidation sites excluding steroid dienone is 1. The summed E-state index contributed by atoms with van der Waals surface area (Å²) in [5.41, 5.74) is 6.29. The molecule has 0 aliphatic heterocycles. The van der Waals surface area contributed by atoms with E-state index in [-0.39, 0.29) is 5.11 Å². The van der Waals surface area contributed by atoms with Gasteiger partial charge in [-0.1, -0.05) is 36.4 Å². The molecular formula is C10H10N2S. The fraction of sp³-hybridized carbons (Fsp3) is 0. The molecule has 0 radical (unpaired) electrons. The van der Waals surface area contributed by atoms with Gasteiger partial charge in [0.15, 0.2) is 5.11 Å². The van der Waals surface area contributed by atoms with Gasteiger partial charge in [0.2, 0.25) is 0 Å². The predicted molar refractivity (Wildman–Crippen MR) is 60.8 cm³/mol. The van der Waals surface area contributed by atoms with E-state index in [4.69, 9.17) is 5.73 Å². The molecule has 2 nitrogen and oxygen atoms in total. The number of aliphatic imine (C=N–C) groups is 1. The average Bonchev–Trinajstić information content (AvgIpc) is 2.14. The van der Waals surface area contributed by atoms with E-state index in [1.54, 1.807) is 12.3 Å². The molecular weight excluding hydrogens is 180 g/mol. The van der Waals surface area contributed by atoms with Gasteiger partial charge in [0.1, 0.15) is 0 Å². The summed E-state index contributed by atoms with van der Waals surface area (Å²) in [4.78, 5) is 3.74. The normalized spacial score (nSPS) is 11.1. The summed E-state index contributed by atoms with van der Waals surface area (Å²) in [5.74, 6) is 0. The Labute approximate surface area is 82.8 Å². The molecule has 0 amide bonds. The van der Waals surface area contributed by atoms with Gasteiger partial charge in [-0.3, -0.25) is 0 Å². The Hall–Kier alpha value is -1.48. The van der Waals surface area contributed by atoms with Crippen molar-refractivity contribution in [2.45, 2.75) is 0 Å². The Kier molecular flexibility index (Phi) is 3.85. The molecule has 66 valence electrons. The molecule has 0 spiro atoms. The lowest BCUT2D eigenvalue weighted by molar-refractivity contribution is 1.64. The summed E-state index contributed by atoms with van der Waals surface area (Å²) in [5, 5.41) is 0.151. The lowest BCUT2D eigenvalue weighted by atomic mass is 10.2. The molecule has 0 unspecified atom stereocenters. The van der Waals surface area contributed by atoms with Gasteiger partial charge in [-0.05, 0) is 23.9 Å². The Morgan fingerprint density at radius 3 is 2.62 bits per heavy atom. The van der Waals surface area contributed by atoms with Crippen LogP contribution in [-0.4, -0.2) is 11.3 Å².